The van der Waals surface area contributed by atoms with E-state index in [-0.39, 0.29) is 34.6 Å². The van der Waals surface area contributed by atoms with E-state index in [1.807, 2.05) is 0 Å². The number of rotatable bonds is 7. The number of nitrogens with one attached hydrogen (secondary N) is 1. The molecule has 0 radical (unpaired) electrons. The number of pyridine rings is 1. The number of carbonyl (C=O) groups is 2. The van der Waals surface area contributed by atoms with Crippen LogP contribution in [0.25, 0.3) is 22.3 Å². The van der Waals surface area contributed by atoms with Crippen LogP contribution in [0.4, 0.5) is 4.39 Å². The first-order valence-corrected chi connectivity index (χ1v) is 14.0. The first kappa shape index (κ1) is 24.4. The molecule has 36 heavy (non-hydrogen) atoms. The molecular formula is C25H28FN5O4S. The highest BCUT2D eigenvalue weighted by Crippen LogP contribution is 2.32. The molecule has 2 aliphatic heterocycles. The molecule has 2 saturated heterocycles. The van der Waals surface area contributed by atoms with E-state index in [0.29, 0.717) is 54.6 Å². The van der Waals surface area contributed by atoms with Crippen molar-refractivity contribution >= 4 is 32.7 Å². The van der Waals surface area contributed by atoms with E-state index in [1.165, 1.54) is 6.07 Å². The van der Waals surface area contributed by atoms with E-state index in [4.69, 9.17) is 0 Å². The molecule has 0 saturated carbocycles. The zero-order valence-corrected chi connectivity index (χ0v) is 20.9. The van der Waals surface area contributed by atoms with Crippen molar-refractivity contribution in [3.05, 3.63) is 47.4 Å². The molecule has 4 heterocycles. The molecule has 1 unspecified atom stereocenters. The number of nitrogens with zero attached hydrogens (tertiary/aromatic N) is 4. The lowest BCUT2D eigenvalue weighted by atomic mass is 10.0. The average molecular weight is 514 g/mol. The van der Waals surface area contributed by atoms with Gasteiger partial charge in [0.25, 0.3) is 5.91 Å². The number of hydrogen-bond acceptors (Lipinski definition) is 6. The van der Waals surface area contributed by atoms with Crippen LogP contribution in [0, 0.1) is 12.7 Å². The van der Waals surface area contributed by atoms with Gasteiger partial charge < -0.3 is 10.2 Å². The van der Waals surface area contributed by atoms with Crippen LogP contribution in [0.15, 0.2) is 30.3 Å². The van der Waals surface area contributed by atoms with Gasteiger partial charge in [-0.3, -0.25) is 9.59 Å². The Morgan fingerprint density at radius 3 is 2.78 bits per heavy atom. The Labute approximate surface area is 208 Å². The molecule has 2 amide bonds. The summed E-state index contributed by atoms with van der Waals surface area (Å²) in [5.74, 6) is -0.668. The minimum Gasteiger partial charge on any atom is -0.352 e. The predicted octanol–water partition coefficient (Wildman–Crippen LogP) is 2.65. The van der Waals surface area contributed by atoms with Crippen LogP contribution in [0.3, 0.4) is 0 Å². The molecule has 2 aromatic heterocycles. The maximum Gasteiger partial charge on any atom is 0.252 e. The Morgan fingerprint density at radius 2 is 2.08 bits per heavy atom. The van der Waals surface area contributed by atoms with Gasteiger partial charge in [-0.1, -0.05) is 12.1 Å². The summed E-state index contributed by atoms with van der Waals surface area (Å²) in [4.78, 5) is 31.6. The van der Waals surface area contributed by atoms with Crippen molar-refractivity contribution in [1.82, 2.24) is 25.0 Å². The van der Waals surface area contributed by atoms with Gasteiger partial charge in [-0.05, 0) is 44.4 Å². The third-order valence-electron chi connectivity index (χ3n) is 6.85. The standard InChI is InChI=1S/C25H28FN5O4S/c1-16-23-19(25(33)27-10-5-12-30-11-4-8-22(30)32)14-21(18-6-2-3-7-20(18)26)28-24(23)31(29-16)17-9-13-36(34,35)15-17/h2-3,6-7,14,17H,4-5,8-13,15H2,1H3,(H,27,33). The smallest absolute Gasteiger partial charge is 0.252 e. The van der Waals surface area contributed by atoms with Crippen LogP contribution in [-0.4, -0.2) is 71.0 Å². The molecule has 2 aliphatic rings. The minimum absolute atomic E-state index is 0.0500. The second-order valence-electron chi connectivity index (χ2n) is 9.41. The molecule has 11 heteroatoms. The maximum atomic E-state index is 14.7. The first-order valence-electron chi connectivity index (χ1n) is 12.1. The van der Waals surface area contributed by atoms with Crippen LogP contribution < -0.4 is 5.32 Å². The normalized spacial score (nSPS) is 19.3. The molecule has 0 bridgehead atoms. The zero-order valence-electron chi connectivity index (χ0n) is 20.0. The number of aryl methyl sites for hydroxylation is 1. The Hall–Kier alpha value is -3.34. The molecule has 9 nitrogen and oxygen atoms in total. The zero-order chi connectivity index (χ0) is 25.4. The highest BCUT2D eigenvalue weighted by molar-refractivity contribution is 7.91. The van der Waals surface area contributed by atoms with Gasteiger partial charge in [0.05, 0.1) is 39.9 Å². The molecule has 1 aromatic carbocycles. The van der Waals surface area contributed by atoms with Crippen LogP contribution in [-0.2, 0) is 14.6 Å². The topological polar surface area (TPSA) is 114 Å². The SMILES string of the molecule is Cc1nn(C2CCS(=O)(=O)C2)c2nc(-c3ccccc3F)cc(C(=O)NCCCN3CCCC3=O)c12. The van der Waals surface area contributed by atoms with E-state index >= 15 is 0 Å². The van der Waals surface area contributed by atoms with Crippen LogP contribution in [0.5, 0.6) is 0 Å². The quantitative estimate of drug-likeness (QED) is 0.486. The summed E-state index contributed by atoms with van der Waals surface area (Å²) in [6, 6.07) is 7.34. The highest BCUT2D eigenvalue weighted by atomic mass is 32.2. The fraction of sp³-hybridized carbons (Fsp3) is 0.440. The van der Waals surface area contributed by atoms with Crippen LogP contribution in [0.2, 0.25) is 0 Å². The van der Waals surface area contributed by atoms with Gasteiger partial charge in [0.2, 0.25) is 5.91 Å². The fourth-order valence-corrected chi connectivity index (χ4v) is 6.72. The second-order valence-corrected chi connectivity index (χ2v) is 11.6. The van der Waals surface area contributed by atoms with Crippen molar-refractivity contribution in [3.63, 3.8) is 0 Å². The van der Waals surface area contributed by atoms with Gasteiger partial charge in [0, 0.05) is 31.6 Å². The number of amides is 2. The van der Waals surface area contributed by atoms with Crippen molar-refractivity contribution < 1.29 is 22.4 Å². The number of fused-ring (bicyclic) bond motifs is 1. The summed E-state index contributed by atoms with van der Waals surface area (Å²) in [5.41, 5.74) is 1.74. The second kappa shape index (κ2) is 9.61. The Balaban J connectivity index is 1.49. The molecule has 0 spiro atoms. The van der Waals surface area contributed by atoms with Crippen molar-refractivity contribution in [2.45, 2.75) is 38.6 Å². The van der Waals surface area contributed by atoms with E-state index in [9.17, 15) is 22.4 Å². The van der Waals surface area contributed by atoms with Gasteiger partial charge in [0.15, 0.2) is 15.5 Å². The largest absolute Gasteiger partial charge is 0.352 e. The fourth-order valence-electron chi connectivity index (χ4n) is 5.03. The Morgan fingerprint density at radius 1 is 1.28 bits per heavy atom. The van der Waals surface area contributed by atoms with Gasteiger partial charge in [-0.15, -0.1) is 0 Å². The molecule has 0 aliphatic carbocycles. The lowest BCUT2D eigenvalue weighted by Crippen LogP contribution is -2.30. The number of carbonyl (C=O) groups excluding carboxylic acids is 2. The maximum absolute atomic E-state index is 14.7. The number of benzene rings is 1. The third kappa shape index (κ3) is 4.71. The van der Waals surface area contributed by atoms with Crippen molar-refractivity contribution in [2.24, 2.45) is 0 Å². The third-order valence-corrected chi connectivity index (χ3v) is 8.60. The van der Waals surface area contributed by atoms with Crippen molar-refractivity contribution in [3.8, 4) is 11.3 Å². The van der Waals surface area contributed by atoms with E-state index < -0.39 is 21.7 Å². The minimum atomic E-state index is -3.18. The summed E-state index contributed by atoms with van der Waals surface area (Å²) in [7, 11) is -3.18. The van der Waals surface area contributed by atoms with Gasteiger partial charge in [0.1, 0.15) is 5.82 Å². The number of halogens is 1. The molecule has 190 valence electrons. The Bertz CT molecular complexity index is 1450. The summed E-state index contributed by atoms with van der Waals surface area (Å²) in [6.07, 6.45) is 2.46. The monoisotopic (exact) mass is 513 g/mol. The predicted molar refractivity (Wildman–Crippen MR) is 133 cm³/mol. The summed E-state index contributed by atoms with van der Waals surface area (Å²) in [5, 5.41) is 8.00. The average Bonchev–Trinajstić information content (AvgIpc) is 3.52. The molecule has 1 atom stereocenters. The molecular weight excluding hydrogens is 485 g/mol. The first-order chi connectivity index (χ1) is 17.2. The molecule has 3 aromatic rings. The van der Waals surface area contributed by atoms with E-state index in [0.717, 1.165) is 13.0 Å². The number of hydrogen-bond donors (Lipinski definition) is 1. The number of likely N-dealkylation sites (tertiary alicyclic amines) is 1. The van der Waals surface area contributed by atoms with Gasteiger partial charge in [-0.2, -0.15) is 5.10 Å². The Kier molecular flexibility index (Phi) is 6.50. The van der Waals surface area contributed by atoms with Crippen molar-refractivity contribution in [2.75, 3.05) is 31.1 Å². The summed E-state index contributed by atoms with van der Waals surface area (Å²) in [6.45, 7) is 3.45. The molecule has 5 rings (SSSR count). The van der Waals surface area contributed by atoms with E-state index in [2.05, 4.69) is 15.4 Å². The summed E-state index contributed by atoms with van der Waals surface area (Å²) >= 11 is 0. The highest BCUT2D eigenvalue weighted by Gasteiger charge is 2.32. The lowest BCUT2D eigenvalue weighted by Gasteiger charge is -2.15. The van der Waals surface area contributed by atoms with Crippen LogP contribution >= 0.6 is 0 Å². The summed E-state index contributed by atoms with van der Waals surface area (Å²) < 4.78 is 40.5. The lowest BCUT2D eigenvalue weighted by molar-refractivity contribution is -0.127. The van der Waals surface area contributed by atoms with Crippen LogP contribution in [0.1, 0.15) is 47.8 Å². The van der Waals surface area contributed by atoms with Gasteiger partial charge >= 0.3 is 0 Å². The van der Waals surface area contributed by atoms with E-state index in [1.54, 1.807) is 40.8 Å². The number of sulfone groups is 1. The molecule has 1 N–H and O–H groups in total. The molecule has 2 fully saturated rings. The number of aromatic nitrogens is 3. The van der Waals surface area contributed by atoms with Crippen molar-refractivity contribution in [1.29, 1.82) is 0 Å². The van der Waals surface area contributed by atoms with Gasteiger partial charge in [-0.25, -0.2) is 22.5 Å².